The van der Waals surface area contributed by atoms with Crippen LogP contribution in [0, 0.1) is 6.92 Å². The van der Waals surface area contributed by atoms with Gasteiger partial charge in [-0.25, -0.2) is 4.98 Å². The van der Waals surface area contributed by atoms with Gasteiger partial charge in [-0.2, -0.15) is 0 Å². The Kier molecular flexibility index (Phi) is 5.03. The molecule has 0 bridgehead atoms. The number of thioether (sulfide) groups is 1. The first-order valence-corrected chi connectivity index (χ1v) is 8.93. The first-order valence-electron chi connectivity index (χ1n) is 6.86. The van der Waals surface area contributed by atoms with E-state index in [1.807, 2.05) is 30.5 Å². The Morgan fingerprint density at radius 1 is 1.33 bits per heavy atom. The molecule has 0 fully saturated rings. The fraction of sp³-hybridized carbons (Fsp3) is 0.0625. The van der Waals surface area contributed by atoms with Crippen LogP contribution in [-0.2, 0) is 4.79 Å². The van der Waals surface area contributed by atoms with E-state index in [4.69, 9.17) is 11.6 Å². The highest BCUT2D eigenvalue weighted by atomic mass is 35.5. The Morgan fingerprint density at radius 3 is 2.71 bits per heavy atom. The number of aryl methyl sites for hydroxylation is 1. The first kappa shape index (κ1) is 16.8. The number of benzene rings is 1. The van der Waals surface area contributed by atoms with Gasteiger partial charge in [0.05, 0.1) is 5.97 Å². The monoisotopic (exact) mass is 376 g/mol. The number of carboxylic acids is 1. The zero-order valence-corrected chi connectivity index (χ0v) is 14.8. The lowest BCUT2D eigenvalue weighted by molar-refractivity contribution is -0.297. The van der Waals surface area contributed by atoms with E-state index in [-0.39, 0.29) is 4.91 Å². The van der Waals surface area contributed by atoms with Crippen molar-refractivity contribution in [3.05, 3.63) is 56.1 Å². The Bertz CT molecular complexity index is 900. The van der Waals surface area contributed by atoms with E-state index in [2.05, 4.69) is 15.2 Å². The highest BCUT2D eigenvalue weighted by Crippen LogP contribution is 2.29. The summed E-state index contributed by atoms with van der Waals surface area (Å²) >= 11 is 8.28. The minimum Gasteiger partial charge on any atom is -0.544 e. The largest absolute Gasteiger partial charge is 0.544 e. The predicted molar refractivity (Wildman–Crippen MR) is 94.7 cm³/mol. The molecule has 0 saturated heterocycles. The van der Waals surface area contributed by atoms with Crippen LogP contribution in [0.1, 0.15) is 10.4 Å². The normalized spacial score (nSPS) is 11.7. The number of hydrogen-bond acceptors (Lipinski definition) is 6. The van der Waals surface area contributed by atoms with Crippen LogP contribution in [-0.4, -0.2) is 21.2 Å². The summed E-state index contributed by atoms with van der Waals surface area (Å²) in [5.74, 6) is -0.718. The predicted octanol–water partition coefficient (Wildman–Crippen LogP) is 3.38. The van der Waals surface area contributed by atoms with E-state index in [9.17, 15) is 9.90 Å². The van der Waals surface area contributed by atoms with E-state index >= 15 is 0 Å². The maximum Gasteiger partial charge on any atom is 0.213 e. The Labute approximate surface area is 151 Å². The van der Waals surface area contributed by atoms with Crippen molar-refractivity contribution in [3.8, 4) is 11.4 Å². The van der Waals surface area contributed by atoms with Gasteiger partial charge in [-0.05, 0) is 66.0 Å². The topological polar surface area (TPSA) is 81.7 Å². The number of carbonyl (C=O) groups excluding carboxylic acids is 1. The van der Waals surface area contributed by atoms with E-state index in [0.29, 0.717) is 16.0 Å². The summed E-state index contributed by atoms with van der Waals surface area (Å²) in [6, 6.07) is 9.04. The van der Waals surface area contributed by atoms with Gasteiger partial charge in [0.15, 0.2) is 5.82 Å². The molecule has 8 heteroatoms. The van der Waals surface area contributed by atoms with Gasteiger partial charge in [0.25, 0.3) is 0 Å². The van der Waals surface area contributed by atoms with Gasteiger partial charge in [-0.1, -0.05) is 11.6 Å². The smallest absolute Gasteiger partial charge is 0.213 e. The number of carboxylic acid groups (broad SMARTS) is 1. The molecule has 1 aromatic carbocycles. The molecule has 0 aliphatic heterocycles. The molecule has 0 saturated carbocycles. The fourth-order valence-corrected chi connectivity index (χ4v) is 3.65. The SMILES string of the molecule is Cc1ccsc1/C=C(\Sc1n[nH]c(-c2ccc(Cl)cc2)n1)C(=O)[O-]. The fourth-order valence-electron chi connectivity index (χ4n) is 1.91. The molecule has 0 aliphatic rings. The van der Waals surface area contributed by atoms with Gasteiger partial charge >= 0.3 is 0 Å². The highest BCUT2D eigenvalue weighted by Gasteiger charge is 2.11. The maximum absolute atomic E-state index is 11.4. The van der Waals surface area contributed by atoms with E-state index in [1.54, 1.807) is 18.2 Å². The molecular formula is C16H11ClN3O2S2-. The maximum atomic E-state index is 11.4. The van der Waals surface area contributed by atoms with Crippen LogP contribution in [0.5, 0.6) is 0 Å². The van der Waals surface area contributed by atoms with Crippen LogP contribution in [0.25, 0.3) is 17.5 Å². The summed E-state index contributed by atoms with van der Waals surface area (Å²) in [5.41, 5.74) is 1.82. The molecule has 0 atom stereocenters. The third kappa shape index (κ3) is 3.87. The lowest BCUT2D eigenvalue weighted by atomic mass is 10.2. The first-order chi connectivity index (χ1) is 11.5. The van der Waals surface area contributed by atoms with Crippen LogP contribution in [0.15, 0.2) is 45.8 Å². The van der Waals surface area contributed by atoms with Gasteiger partial charge in [-0.3, -0.25) is 5.10 Å². The Morgan fingerprint density at radius 2 is 2.08 bits per heavy atom. The van der Waals surface area contributed by atoms with Gasteiger partial charge < -0.3 is 9.90 Å². The third-order valence-electron chi connectivity index (χ3n) is 3.15. The second-order valence-electron chi connectivity index (χ2n) is 4.84. The van der Waals surface area contributed by atoms with Gasteiger partial charge in [0.2, 0.25) is 5.16 Å². The average molecular weight is 377 g/mol. The van der Waals surface area contributed by atoms with E-state index < -0.39 is 5.97 Å². The second-order valence-corrected chi connectivity index (χ2v) is 7.23. The zero-order chi connectivity index (χ0) is 17.1. The van der Waals surface area contributed by atoms with Crippen LogP contribution in [0.4, 0.5) is 0 Å². The number of rotatable bonds is 5. The lowest BCUT2D eigenvalue weighted by Gasteiger charge is -2.05. The molecule has 3 rings (SSSR count). The average Bonchev–Trinajstić information content (AvgIpc) is 3.17. The highest BCUT2D eigenvalue weighted by molar-refractivity contribution is 8.04. The summed E-state index contributed by atoms with van der Waals surface area (Å²) in [6.07, 6.45) is 1.58. The molecular weight excluding hydrogens is 366 g/mol. The molecule has 0 amide bonds. The number of nitrogens with zero attached hydrogens (tertiary/aromatic N) is 2. The minimum atomic E-state index is -1.26. The van der Waals surface area contributed by atoms with Gasteiger partial charge in [-0.15, -0.1) is 16.4 Å². The summed E-state index contributed by atoms with van der Waals surface area (Å²) in [5, 5.41) is 21.1. The lowest BCUT2D eigenvalue weighted by Crippen LogP contribution is -2.23. The number of H-pyrrole nitrogens is 1. The van der Waals surface area contributed by atoms with Crippen LogP contribution in [0.2, 0.25) is 5.02 Å². The summed E-state index contributed by atoms with van der Waals surface area (Å²) in [4.78, 5) is 16.6. The summed E-state index contributed by atoms with van der Waals surface area (Å²) in [7, 11) is 0. The Balaban J connectivity index is 1.84. The Hall–Kier alpha value is -2.09. The number of nitrogens with one attached hydrogen (secondary N) is 1. The van der Waals surface area contributed by atoms with Crippen molar-refractivity contribution >= 4 is 46.7 Å². The van der Waals surface area contributed by atoms with Crippen LogP contribution < -0.4 is 5.11 Å². The molecule has 2 aromatic heterocycles. The molecule has 122 valence electrons. The third-order valence-corrected chi connectivity index (χ3v) is 5.24. The number of carbonyl (C=O) groups is 1. The molecule has 3 aromatic rings. The molecule has 0 aliphatic carbocycles. The standard InChI is InChI=1S/C16H12ClN3O2S2/c1-9-6-7-23-12(9)8-13(15(21)22)24-16-18-14(19-20-16)10-2-4-11(17)5-3-10/h2-8H,1H3,(H,21,22)(H,18,19,20)/p-1/b13-8-. The minimum absolute atomic E-state index is 0.0576. The number of thiophene rings is 1. The molecule has 0 unspecified atom stereocenters. The van der Waals surface area contributed by atoms with E-state index in [0.717, 1.165) is 27.8 Å². The van der Waals surface area contributed by atoms with Gasteiger partial charge in [0, 0.05) is 20.4 Å². The number of halogens is 1. The van der Waals surface area contributed by atoms with Crippen molar-refractivity contribution in [1.82, 2.24) is 15.2 Å². The van der Waals surface area contributed by atoms with Crippen molar-refractivity contribution in [2.45, 2.75) is 12.1 Å². The van der Waals surface area contributed by atoms with Crippen molar-refractivity contribution in [2.75, 3.05) is 0 Å². The van der Waals surface area contributed by atoms with Crippen LogP contribution in [0.3, 0.4) is 0 Å². The molecule has 5 nitrogen and oxygen atoms in total. The quantitative estimate of drug-likeness (QED) is 0.545. The molecule has 1 N–H and O–H groups in total. The van der Waals surface area contributed by atoms with Crippen molar-refractivity contribution in [1.29, 1.82) is 0 Å². The number of aromatic amines is 1. The zero-order valence-electron chi connectivity index (χ0n) is 12.4. The van der Waals surface area contributed by atoms with Crippen molar-refractivity contribution in [2.24, 2.45) is 0 Å². The van der Waals surface area contributed by atoms with E-state index in [1.165, 1.54) is 11.3 Å². The number of aliphatic carboxylic acids is 1. The summed E-state index contributed by atoms with van der Waals surface area (Å²) < 4.78 is 0. The van der Waals surface area contributed by atoms with Gasteiger partial charge in [0.1, 0.15) is 0 Å². The molecule has 24 heavy (non-hydrogen) atoms. The van der Waals surface area contributed by atoms with Crippen molar-refractivity contribution in [3.63, 3.8) is 0 Å². The number of hydrogen-bond donors (Lipinski definition) is 1. The molecule has 2 heterocycles. The second kappa shape index (κ2) is 7.21. The number of aromatic nitrogens is 3. The molecule has 0 radical (unpaired) electrons. The van der Waals surface area contributed by atoms with Crippen molar-refractivity contribution < 1.29 is 9.90 Å². The van der Waals surface area contributed by atoms with Crippen LogP contribution >= 0.6 is 34.7 Å². The summed E-state index contributed by atoms with van der Waals surface area (Å²) in [6.45, 7) is 1.92. The molecule has 0 spiro atoms.